The molecule has 4 N–H and O–H groups in total. The summed E-state index contributed by atoms with van der Waals surface area (Å²) in [4.78, 5) is 12.3. The fourth-order valence-electron chi connectivity index (χ4n) is 4.45. The van der Waals surface area contributed by atoms with Crippen molar-refractivity contribution in [2.24, 2.45) is 11.7 Å². The minimum atomic E-state index is -0.487. The van der Waals surface area contributed by atoms with Gasteiger partial charge in [0, 0.05) is 43.7 Å². The molecule has 178 valence electrons. The Hall–Kier alpha value is -2.66. The number of hydrogen-bond donors (Lipinski definition) is 3. The van der Waals surface area contributed by atoms with E-state index in [-0.39, 0.29) is 23.6 Å². The van der Waals surface area contributed by atoms with Gasteiger partial charge in [-0.25, -0.2) is 4.39 Å². The molecule has 6 nitrogen and oxygen atoms in total. The van der Waals surface area contributed by atoms with E-state index in [0.29, 0.717) is 37.6 Å². The maximum absolute atomic E-state index is 12.3. The number of carbonyl (C=O) groups is 1. The number of alkyl halides is 1. The highest BCUT2D eigenvalue weighted by Gasteiger charge is 2.51. The van der Waals surface area contributed by atoms with Crippen LogP contribution in [-0.4, -0.2) is 51.3 Å². The number of benzene rings is 1. The molecule has 1 aliphatic rings. The Kier molecular flexibility index (Phi) is 10.1. The summed E-state index contributed by atoms with van der Waals surface area (Å²) in [6.07, 6.45) is 6.25. The van der Waals surface area contributed by atoms with Crippen LogP contribution in [0.4, 0.5) is 10.1 Å². The summed E-state index contributed by atoms with van der Waals surface area (Å²) >= 11 is 6.61. The quantitative estimate of drug-likeness (QED) is 0.186. The normalized spacial score (nSPS) is 23.2. The number of nitrogens with two attached hydrogens (primary N) is 1. The molecule has 0 aliphatic carbocycles. The summed E-state index contributed by atoms with van der Waals surface area (Å²) in [5, 5.41) is 16.3. The third-order valence-corrected chi connectivity index (χ3v) is 6.38. The lowest BCUT2D eigenvalue weighted by molar-refractivity contribution is -0.121. The fourth-order valence-corrected chi connectivity index (χ4v) is 4.74. The van der Waals surface area contributed by atoms with Crippen molar-refractivity contribution in [2.45, 2.75) is 26.3 Å². The molecule has 2 rings (SSSR count). The average molecular weight is 475 g/mol. The van der Waals surface area contributed by atoms with Gasteiger partial charge in [-0.15, -0.1) is 0 Å². The first-order valence-electron chi connectivity index (χ1n) is 11.1. The first kappa shape index (κ1) is 26.6. The average Bonchev–Trinajstić information content (AvgIpc) is 3.13. The van der Waals surface area contributed by atoms with Gasteiger partial charge in [0.2, 0.25) is 0 Å². The minimum Gasteiger partial charge on any atom is -0.384 e. The van der Waals surface area contributed by atoms with Crippen LogP contribution in [-0.2, 0) is 4.79 Å². The Balaban J connectivity index is 2.33. The SMILES string of the molecule is C=CC(=CC=C(C)c1ccc(Cl)c([N+]2(CC#N)C[C@@H](C)C[C@H]2C(N)=O)c1)NCCNCCF. The van der Waals surface area contributed by atoms with Crippen molar-refractivity contribution >= 4 is 28.8 Å². The van der Waals surface area contributed by atoms with Crippen LogP contribution in [0, 0.1) is 17.2 Å². The Bertz CT molecular complexity index is 955. The molecule has 1 fully saturated rings. The lowest BCUT2D eigenvalue weighted by Crippen LogP contribution is -2.58. The maximum atomic E-state index is 12.3. The standard InChI is InChI=1S/C25H33ClFN5O/c1-4-21(31-13-12-30-11-9-27)7-5-19(3)20-6-8-22(26)23(16-20)32(14-10-28)17-18(2)15-24(32)25(29)33/h4-8,16,18,24,30-31H,1,9,11-15,17H2,2-3H3,(H-,29,33)/p+1/t18-,24-,32?/m0/s1. The van der Waals surface area contributed by atoms with Gasteiger partial charge in [-0.2, -0.15) is 5.26 Å². The van der Waals surface area contributed by atoms with Gasteiger partial charge in [0.05, 0.1) is 6.54 Å². The second kappa shape index (κ2) is 12.5. The highest BCUT2D eigenvalue weighted by Crippen LogP contribution is 2.42. The molecule has 1 saturated heterocycles. The van der Waals surface area contributed by atoms with Crippen molar-refractivity contribution in [2.75, 3.05) is 39.4 Å². The number of nitrogens with one attached hydrogen (secondary N) is 2. The minimum absolute atomic E-state index is 0.130. The number of nitrogens with zero attached hydrogens (tertiary/aromatic N) is 2. The summed E-state index contributed by atoms with van der Waals surface area (Å²) in [6.45, 7) is 9.90. The molecule has 1 amide bonds. The number of carbonyl (C=O) groups excluding carboxylic acids is 1. The van der Waals surface area contributed by atoms with Crippen LogP contribution in [0.25, 0.3) is 5.57 Å². The van der Waals surface area contributed by atoms with E-state index in [2.05, 4.69) is 30.2 Å². The van der Waals surface area contributed by atoms with Crippen LogP contribution in [0.3, 0.4) is 0 Å². The van der Waals surface area contributed by atoms with E-state index >= 15 is 0 Å². The Morgan fingerprint density at radius 2 is 2.15 bits per heavy atom. The number of allylic oxidation sites excluding steroid dienone is 4. The summed E-state index contributed by atoms with van der Waals surface area (Å²) in [7, 11) is 0. The summed E-state index contributed by atoms with van der Waals surface area (Å²) in [5.74, 6) is -0.162. The number of amides is 1. The van der Waals surface area contributed by atoms with Crippen molar-refractivity contribution in [3.8, 4) is 6.07 Å². The molecule has 1 heterocycles. The van der Waals surface area contributed by atoms with E-state index in [9.17, 15) is 14.4 Å². The van der Waals surface area contributed by atoms with Crippen molar-refractivity contribution in [3.63, 3.8) is 0 Å². The summed E-state index contributed by atoms with van der Waals surface area (Å²) in [6, 6.07) is 7.47. The molecule has 0 spiro atoms. The third-order valence-electron chi connectivity index (χ3n) is 6.06. The molecule has 0 aromatic heterocycles. The van der Waals surface area contributed by atoms with Crippen molar-refractivity contribution in [1.82, 2.24) is 15.1 Å². The zero-order valence-electron chi connectivity index (χ0n) is 19.4. The molecule has 0 saturated carbocycles. The van der Waals surface area contributed by atoms with Crippen LogP contribution in [0.2, 0.25) is 5.02 Å². The van der Waals surface area contributed by atoms with Crippen LogP contribution < -0.4 is 20.9 Å². The largest absolute Gasteiger partial charge is 0.384 e. The van der Waals surface area contributed by atoms with Gasteiger partial charge < -0.3 is 16.4 Å². The second-order valence-corrected chi connectivity index (χ2v) is 8.91. The van der Waals surface area contributed by atoms with Gasteiger partial charge in [0.25, 0.3) is 5.91 Å². The molecule has 8 heteroatoms. The number of quaternary nitrogens is 1. The second-order valence-electron chi connectivity index (χ2n) is 8.50. The molecule has 1 aliphatic heterocycles. The number of rotatable bonds is 12. The number of hydrogen-bond acceptors (Lipinski definition) is 4. The van der Waals surface area contributed by atoms with Crippen LogP contribution in [0.5, 0.6) is 0 Å². The fraction of sp³-hybridized carbons (Fsp3) is 0.440. The molecule has 0 radical (unpaired) electrons. The van der Waals surface area contributed by atoms with E-state index in [0.717, 1.165) is 22.5 Å². The van der Waals surface area contributed by atoms with Gasteiger partial charge in [0.1, 0.15) is 17.8 Å². The Morgan fingerprint density at radius 3 is 2.79 bits per heavy atom. The van der Waals surface area contributed by atoms with Crippen LogP contribution >= 0.6 is 11.6 Å². The molecular weight excluding hydrogens is 441 g/mol. The van der Waals surface area contributed by atoms with Crippen molar-refractivity contribution in [3.05, 3.63) is 59.3 Å². The highest BCUT2D eigenvalue weighted by molar-refractivity contribution is 6.33. The van der Waals surface area contributed by atoms with Gasteiger partial charge in [-0.1, -0.05) is 37.2 Å². The predicted molar refractivity (Wildman–Crippen MR) is 134 cm³/mol. The zero-order chi connectivity index (χ0) is 24.4. The van der Waals surface area contributed by atoms with Gasteiger partial charge in [0.15, 0.2) is 18.3 Å². The van der Waals surface area contributed by atoms with Crippen LogP contribution in [0.1, 0.15) is 25.8 Å². The maximum Gasteiger partial charge on any atom is 0.276 e. The molecule has 1 aromatic rings. The molecule has 0 bridgehead atoms. The van der Waals surface area contributed by atoms with Crippen molar-refractivity contribution < 1.29 is 9.18 Å². The summed E-state index contributed by atoms with van der Waals surface area (Å²) < 4.78 is 12.3. The van der Waals surface area contributed by atoms with E-state index in [1.54, 1.807) is 6.08 Å². The first-order valence-corrected chi connectivity index (χ1v) is 11.5. The number of primary amides is 1. The van der Waals surface area contributed by atoms with Crippen molar-refractivity contribution in [1.29, 1.82) is 5.26 Å². The summed E-state index contributed by atoms with van der Waals surface area (Å²) in [5.41, 5.74) is 9.28. The number of likely N-dealkylation sites (tertiary alicyclic amines) is 1. The van der Waals surface area contributed by atoms with Gasteiger partial charge >= 0.3 is 0 Å². The molecular formula is C25H34ClFN5O+. The lowest BCUT2D eigenvalue weighted by Gasteiger charge is -2.37. The zero-order valence-corrected chi connectivity index (χ0v) is 20.2. The third kappa shape index (κ3) is 6.67. The number of nitriles is 1. The monoisotopic (exact) mass is 474 g/mol. The molecule has 33 heavy (non-hydrogen) atoms. The van der Waals surface area contributed by atoms with E-state index < -0.39 is 11.9 Å². The predicted octanol–water partition coefficient (Wildman–Crippen LogP) is 3.69. The Morgan fingerprint density at radius 1 is 1.39 bits per heavy atom. The van der Waals surface area contributed by atoms with E-state index in [1.807, 2.05) is 37.3 Å². The molecule has 1 unspecified atom stereocenters. The smallest absolute Gasteiger partial charge is 0.276 e. The van der Waals surface area contributed by atoms with Crippen LogP contribution in [0.15, 0.2) is 48.7 Å². The van der Waals surface area contributed by atoms with Gasteiger partial charge in [-0.3, -0.25) is 9.28 Å². The number of halogens is 2. The Labute approximate surface area is 201 Å². The van der Waals surface area contributed by atoms with Gasteiger partial charge in [-0.05, 0) is 36.3 Å². The first-order chi connectivity index (χ1) is 15.8. The van der Waals surface area contributed by atoms with E-state index in [1.165, 1.54) is 0 Å². The molecule has 1 aromatic carbocycles. The lowest BCUT2D eigenvalue weighted by atomic mass is 10.0. The molecule has 3 atom stereocenters. The topological polar surface area (TPSA) is 90.9 Å². The highest BCUT2D eigenvalue weighted by atomic mass is 35.5. The van der Waals surface area contributed by atoms with E-state index in [4.69, 9.17) is 17.3 Å².